The Labute approximate surface area is 199 Å². The van der Waals surface area contributed by atoms with Crippen LogP contribution in [0.5, 0.6) is 0 Å². The van der Waals surface area contributed by atoms with Crippen LogP contribution in [0.1, 0.15) is 32.9 Å². The van der Waals surface area contributed by atoms with Crippen molar-refractivity contribution in [3.8, 4) is 0 Å². The van der Waals surface area contributed by atoms with Crippen LogP contribution in [-0.4, -0.2) is 33.1 Å². The number of rotatable bonds is 6. The fourth-order valence-corrected chi connectivity index (χ4v) is 3.80. The van der Waals surface area contributed by atoms with Crippen molar-refractivity contribution in [2.24, 2.45) is 0 Å². The van der Waals surface area contributed by atoms with Crippen LogP contribution in [-0.2, 0) is 22.6 Å². The van der Waals surface area contributed by atoms with Gasteiger partial charge in [-0.05, 0) is 62.2 Å². The number of carbonyl (C=O) groups excluding carboxylic acids is 2. The molecule has 180 valence electrons. The highest BCUT2D eigenvalue weighted by Gasteiger charge is 2.23. The summed E-state index contributed by atoms with van der Waals surface area (Å²) in [6.07, 6.45) is 1.45. The molecule has 0 radical (unpaired) electrons. The Morgan fingerprint density at radius 2 is 1.83 bits per heavy atom. The summed E-state index contributed by atoms with van der Waals surface area (Å²) < 4.78 is 12.2. The molecular weight excluding hydrogens is 452 g/mol. The van der Waals surface area contributed by atoms with E-state index in [0.717, 1.165) is 15.7 Å². The zero-order chi connectivity index (χ0) is 25.3. The highest BCUT2D eigenvalue weighted by atomic mass is 16.5. The number of hydrogen-bond donors (Lipinski definition) is 1. The van der Waals surface area contributed by atoms with E-state index in [4.69, 9.17) is 9.15 Å². The lowest BCUT2D eigenvalue weighted by molar-refractivity contribution is -0.116. The lowest BCUT2D eigenvalue weighted by atomic mass is 10.1. The van der Waals surface area contributed by atoms with Crippen molar-refractivity contribution in [3.63, 3.8) is 0 Å². The number of carbonyl (C=O) groups is 2. The quantitative estimate of drug-likeness (QED) is 0.424. The Bertz CT molecular complexity index is 1560. The molecule has 3 heterocycles. The van der Waals surface area contributed by atoms with Gasteiger partial charge in [0, 0.05) is 11.4 Å². The van der Waals surface area contributed by atoms with Crippen LogP contribution in [0.3, 0.4) is 0 Å². The first-order valence-electron chi connectivity index (χ1n) is 10.8. The van der Waals surface area contributed by atoms with E-state index < -0.39 is 29.7 Å². The predicted octanol–water partition coefficient (Wildman–Crippen LogP) is 2.55. The summed E-state index contributed by atoms with van der Waals surface area (Å²) >= 11 is 0. The van der Waals surface area contributed by atoms with Crippen molar-refractivity contribution in [2.75, 3.05) is 12.4 Å². The molecule has 0 aliphatic rings. The van der Waals surface area contributed by atoms with Gasteiger partial charge >= 0.3 is 11.7 Å². The first kappa shape index (κ1) is 23.7. The fourth-order valence-electron chi connectivity index (χ4n) is 3.80. The molecule has 0 atom stereocenters. The number of benzene rings is 1. The van der Waals surface area contributed by atoms with Gasteiger partial charge < -0.3 is 14.5 Å². The summed E-state index contributed by atoms with van der Waals surface area (Å²) in [5, 5.41) is 2.59. The molecule has 1 N–H and O–H groups in total. The summed E-state index contributed by atoms with van der Waals surface area (Å²) in [7, 11) is 1.19. The highest BCUT2D eigenvalue weighted by molar-refractivity contribution is 6.02. The second-order valence-corrected chi connectivity index (χ2v) is 8.19. The largest absolute Gasteiger partial charge is 0.467 e. The average Bonchev–Trinajstić information content (AvgIpc) is 3.34. The summed E-state index contributed by atoms with van der Waals surface area (Å²) in [6.45, 7) is 4.88. The van der Waals surface area contributed by atoms with Crippen molar-refractivity contribution in [3.05, 3.63) is 91.6 Å². The van der Waals surface area contributed by atoms with Crippen LogP contribution in [0.15, 0.2) is 56.7 Å². The Morgan fingerprint density at radius 1 is 1.06 bits per heavy atom. The van der Waals surface area contributed by atoms with Crippen LogP contribution in [0.2, 0.25) is 0 Å². The third-order valence-electron chi connectivity index (χ3n) is 5.70. The molecule has 0 unspecified atom stereocenters. The van der Waals surface area contributed by atoms with Crippen molar-refractivity contribution in [1.82, 2.24) is 14.1 Å². The molecule has 10 heteroatoms. The predicted molar refractivity (Wildman–Crippen MR) is 129 cm³/mol. The van der Waals surface area contributed by atoms with E-state index in [0.29, 0.717) is 17.1 Å². The van der Waals surface area contributed by atoms with Crippen molar-refractivity contribution in [2.45, 2.75) is 33.9 Å². The van der Waals surface area contributed by atoms with Gasteiger partial charge in [0.15, 0.2) is 5.65 Å². The summed E-state index contributed by atoms with van der Waals surface area (Å²) in [5.41, 5.74) is 1.37. The van der Waals surface area contributed by atoms with Gasteiger partial charge in [0.05, 0.1) is 30.9 Å². The van der Waals surface area contributed by atoms with E-state index in [1.165, 1.54) is 24.0 Å². The number of amides is 1. The molecule has 0 bridgehead atoms. The van der Waals surface area contributed by atoms with E-state index in [1.54, 1.807) is 31.2 Å². The van der Waals surface area contributed by atoms with Crippen molar-refractivity contribution < 1.29 is 18.7 Å². The number of fused-ring (bicyclic) bond motifs is 1. The number of esters is 1. The number of anilines is 1. The van der Waals surface area contributed by atoms with Crippen molar-refractivity contribution in [1.29, 1.82) is 0 Å². The average molecular weight is 476 g/mol. The normalized spacial score (nSPS) is 11.0. The van der Waals surface area contributed by atoms with Gasteiger partial charge in [0.25, 0.3) is 5.56 Å². The summed E-state index contributed by atoms with van der Waals surface area (Å²) in [5.74, 6) is -0.899. The molecule has 0 spiro atoms. The summed E-state index contributed by atoms with van der Waals surface area (Å²) in [4.78, 5) is 56.6. The van der Waals surface area contributed by atoms with E-state index in [9.17, 15) is 19.2 Å². The molecule has 1 aromatic carbocycles. The van der Waals surface area contributed by atoms with Gasteiger partial charge in [-0.3, -0.25) is 18.7 Å². The molecule has 0 fully saturated rings. The van der Waals surface area contributed by atoms with Gasteiger partial charge in [-0.15, -0.1) is 0 Å². The molecular formula is C25H24N4O6. The number of hydrogen-bond acceptors (Lipinski definition) is 7. The van der Waals surface area contributed by atoms with E-state index in [1.807, 2.05) is 19.9 Å². The van der Waals surface area contributed by atoms with Crippen LogP contribution >= 0.6 is 0 Å². The molecule has 3 aromatic heterocycles. The lowest BCUT2D eigenvalue weighted by Crippen LogP contribution is -2.43. The standard InChI is InChI=1S/C25H24N4O6/c1-14-7-8-17(10-15(14)2)27-20(30)13-29-23(31)21-19(24(32)34-4)11-16(3)26-22(21)28(25(29)33)12-18-6-5-9-35-18/h5-11H,12-13H2,1-4H3,(H,27,30). The first-order chi connectivity index (χ1) is 16.7. The first-order valence-corrected chi connectivity index (χ1v) is 10.8. The number of aromatic nitrogens is 3. The molecule has 1 amide bonds. The monoisotopic (exact) mass is 476 g/mol. The SMILES string of the molecule is COC(=O)c1cc(C)nc2c1c(=O)n(CC(=O)Nc1ccc(C)c(C)c1)c(=O)n2Cc1ccco1. The second-order valence-electron chi connectivity index (χ2n) is 8.19. The highest BCUT2D eigenvalue weighted by Crippen LogP contribution is 2.17. The van der Waals surface area contributed by atoms with Crippen LogP contribution in [0.25, 0.3) is 11.0 Å². The van der Waals surface area contributed by atoms with Crippen LogP contribution in [0.4, 0.5) is 5.69 Å². The van der Waals surface area contributed by atoms with Crippen molar-refractivity contribution >= 4 is 28.6 Å². The number of nitrogens with zero attached hydrogens (tertiary/aromatic N) is 3. The minimum atomic E-state index is -0.816. The third-order valence-corrected chi connectivity index (χ3v) is 5.70. The van der Waals surface area contributed by atoms with Gasteiger partial charge in [-0.2, -0.15) is 0 Å². The minimum absolute atomic E-state index is 0.00242. The van der Waals surface area contributed by atoms with Crippen LogP contribution in [0, 0.1) is 20.8 Å². The maximum Gasteiger partial charge on any atom is 0.338 e. The zero-order valence-corrected chi connectivity index (χ0v) is 19.7. The zero-order valence-electron chi connectivity index (χ0n) is 19.7. The minimum Gasteiger partial charge on any atom is -0.467 e. The van der Waals surface area contributed by atoms with E-state index in [-0.39, 0.29) is 23.1 Å². The number of methoxy groups -OCH3 is 1. The Kier molecular flexibility index (Phi) is 6.37. The Hall–Kier alpha value is -4.47. The molecule has 0 saturated heterocycles. The number of ether oxygens (including phenoxy) is 1. The molecule has 0 aliphatic heterocycles. The van der Waals surface area contributed by atoms with E-state index >= 15 is 0 Å². The number of aryl methyl sites for hydroxylation is 3. The van der Waals surface area contributed by atoms with Crippen LogP contribution < -0.4 is 16.6 Å². The molecule has 4 rings (SSSR count). The molecule has 0 aliphatic carbocycles. The topological polar surface area (TPSA) is 125 Å². The number of nitrogens with one attached hydrogen (secondary N) is 1. The fraction of sp³-hybridized carbons (Fsp3) is 0.240. The smallest absolute Gasteiger partial charge is 0.338 e. The lowest BCUT2D eigenvalue weighted by Gasteiger charge is -2.15. The number of pyridine rings is 1. The van der Waals surface area contributed by atoms with Gasteiger partial charge in [0.1, 0.15) is 12.3 Å². The molecule has 10 nitrogen and oxygen atoms in total. The second kappa shape index (κ2) is 9.41. The van der Waals surface area contributed by atoms with Gasteiger partial charge in [0.2, 0.25) is 5.91 Å². The molecule has 0 saturated carbocycles. The number of furan rings is 1. The maximum atomic E-state index is 13.4. The Morgan fingerprint density at radius 3 is 2.49 bits per heavy atom. The molecule has 35 heavy (non-hydrogen) atoms. The van der Waals surface area contributed by atoms with Gasteiger partial charge in [-0.25, -0.2) is 14.6 Å². The maximum absolute atomic E-state index is 13.4. The van der Waals surface area contributed by atoms with E-state index in [2.05, 4.69) is 10.3 Å². The third kappa shape index (κ3) is 4.63. The Balaban J connectivity index is 1.87. The molecule has 4 aromatic rings. The van der Waals surface area contributed by atoms with Gasteiger partial charge in [-0.1, -0.05) is 6.07 Å². The summed E-state index contributed by atoms with van der Waals surface area (Å²) in [6, 6.07) is 10.1.